The number of amides is 1. The molecule has 4 heteroatoms. The van der Waals surface area contributed by atoms with Crippen LogP contribution in [0.15, 0.2) is 0 Å². The van der Waals surface area contributed by atoms with Crippen molar-refractivity contribution in [2.75, 3.05) is 13.1 Å². The maximum atomic E-state index is 11.9. The van der Waals surface area contributed by atoms with Gasteiger partial charge in [-0.15, -0.1) is 0 Å². The first-order chi connectivity index (χ1) is 7.06. The molecule has 0 radical (unpaired) electrons. The third kappa shape index (κ3) is 3.18. The van der Waals surface area contributed by atoms with E-state index in [-0.39, 0.29) is 24.0 Å². The summed E-state index contributed by atoms with van der Waals surface area (Å²) in [5, 5.41) is 9.55. The zero-order valence-electron chi connectivity index (χ0n) is 9.65. The SMILES string of the molecule is CCCC(N)C(=O)N1CCC(O)C(C)C1. The first-order valence-electron chi connectivity index (χ1n) is 5.78. The molecule has 0 bridgehead atoms. The lowest BCUT2D eigenvalue weighted by molar-refractivity contribution is -0.136. The highest BCUT2D eigenvalue weighted by molar-refractivity contribution is 5.81. The van der Waals surface area contributed by atoms with Gasteiger partial charge in [-0.25, -0.2) is 0 Å². The molecule has 3 N–H and O–H groups in total. The molecule has 1 amide bonds. The molecule has 1 rings (SSSR count). The smallest absolute Gasteiger partial charge is 0.239 e. The van der Waals surface area contributed by atoms with Crippen LogP contribution >= 0.6 is 0 Å². The van der Waals surface area contributed by atoms with Crippen LogP contribution in [0.1, 0.15) is 33.1 Å². The number of hydrogen-bond donors (Lipinski definition) is 2. The standard InChI is InChI=1S/C11H22N2O2/c1-3-4-9(12)11(15)13-6-5-10(14)8(2)7-13/h8-10,14H,3-7,12H2,1-2H3. The van der Waals surface area contributed by atoms with Crippen LogP contribution < -0.4 is 5.73 Å². The van der Waals surface area contributed by atoms with Gasteiger partial charge in [0, 0.05) is 13.1 Å². The summed E-state index contributed by atoms with van der Waals surface area (Å²) in [5.41, 5.74) is 5.78. The fourth-order valence-electron chi connectivity index (χ4n) is 2.00. The Labute approximate surface area is 91.4 Å². The number of aliphatic hydroxyl groups excluding tert-OH is 1. The van der Waals surface area contributed by atoms with Gasteiger partial charge in [0.25, 0.3) is 0 Å². The Kier molecular flexibility index (Phi) is 4.54. The highest BCUT2D eigenvalue weighted by atomic mass is 16.3. The minimum absolute atomic E-state index is 0.0376. The average molecular weight is 214 g/mol. The summed E-state index contributed by atoms with van der Waals surface area (Å²) < 4.78 is 0. The van der Waals surface area contributed by atoms with Gasteiger partial charge in [-0.2, -0.15) is 0 Å². The van der Waals surface area contributed by atoms with Crippen LogP contribution in [0.25, 0.3) is 0 Å². The molecule has 1 fully saturated rings. The molecule has 3 atom stereocenters. The fraction of sp³-hybridized carbons (Fsp3) is 0.909. The number of nitrogens with zero attached hydrogens (tertiary/aromatic N) is 1. The second kappa shape index (κ2) is 5.47. The van der Waals surface area contributed by atoms with Crippen molar-refractivity contribution in [2.45, 2.75) is 45.3 Å². The van der Waals surface area contributed by atoms with Crippen LogP contribution in [0.4, 0.5) is 0 Å². The molecule has 1 heterocycles. The minimum atomic E-state index is -0.363. The van der Waals surface area contributed by atoms with E-state index in [2.05, 4.69) is 0 Å². The normalized spacial score (nSPS) is 28.9. The van der Waals surface area contributed by atoms with Crippen molar-refractivity contribution in [3.8, 4) is 0 Å². The first-order valence-corrected chi connectivity index (χ1v) is 5.78. The van der Waals surface area contributed by atoms with E-state index in [9.17, 15) is 9.90 Å². The molecule has 1 aliphatic heterocycles. The number of piperidine rings is 1. The van der Waals surface area contributed by atoms with E-state index in [1.54, 1.807) is 4.90 Å². The number of rotatable bonds is 3. The minimum Gasteiger partial charge on any atom is -0.393 e. The highest BCUT2D eigenvalue weighted by Crippen LogP contribution is 2.17. The summed E-state index contributed by atoms with van der Waals surface area (Å²) in [6, 6.07) is -0.363. The maximum Gasteiger partial charge on any atom is 0.239 e. The number of nitrogens with two attached hydrogens (primary N) is 1. The molecule has 0 aromatic rings. The molecular formula is C11H22N2O2. The number of hydrogen-bond acceptors (Lipinski definition) is 3. The first kappa shape index (κ1) is 12.5. The van der Waals surface area contributed by atoms with Crippen molar-refractivity contribution in [1.29, 1.82) is 0 Å². The lowest BCUT2D eigenvalue weighted by Crippen LogP contribution is -2.50. The van der Waals surface area contributed by atoms with Crippen LogP contribution in [0.3, 0.4) is 0 Å². The molecule has 0 aromatic carbocycles. The van der Waals surface area contributed by atoms with Gasteiger partial charge in [0.1, 0.15) is 0 Å². The highest BCUT2D eigenvalue weighted by Gasteiger charge is 2.29. The molecular weight excluding hydrogens is 192 g/mol. The number of likely N-dealkylation sites (tertiary alicyclic amines) is 1. The molecule has 88 valence electrons. The van der Waals surface area contributed by atoms with Crippen molar-refractivity contribution in [3.63, 3.8) is 0 Å². The summed E-state index contributed by atoms with van der Waals surface area (Å²) in [5.74, 6) is 0.201. The second-order valence-corrected chi connectivity index (χ2v) is 4.51. The molecule has 0 aliphatic carbocycles. The van der Waals surface area contributed by atoms with Crippen molar-refractivity contribution in [3.05, 3.63) is 0 Å². The molecule has 3 unspecified atom stereocenters. The van der Waals surface area contributed by atoms with Gasteiger partial charge in [-0.05, 0) is 18.8 Å². The van der Waals surface area contributed by atoms with Crippen molar-refractivity contribution in [2.24, 2.45) is 11.7 Å². The Bertz CT molecular complexity index is 221. The molecule has 4 nitrogen and oxygen atoms in total. The molecule has 0 saturated carbocycles. The zero-order valence-corrected chi connectivity index (χ0v) is 9.65. The largest absolute Gasteiger partial charge is 0.393 e. The van der Waals surface area contributed by atoms with Gasteiger partial charge in [-0.1, -0.05) is 20.3 Å². The van der Waals surface area contributed by atoms with E-state index in [0.29, 0.717) is 19.5 Å². The van der Waals surface area contributed by atoms with Gasteiger partial charge in [-0.3, -0.25) is 4.79 Å². The number of aliphatic hydroxyl groups is 1. The van der Waals surface area contributed by atoms with Crippen molar-refractivity contribution in [1.82, 2.24) is 4.90 Å². The predicted octanol–water partition coefficient (Wildman–Crippen LogP) is 0.343. The van der Waals surface area contributed by atoms with E-state index in [1.165, 1.54) is 0 Å². The zero-order chi connectivity index (χ0) is 11.4. The maximum absolute atomic E-state index is 11.9. The van der Waals surface area contributed by atoms with Gasteiger partial charge >= 0.3 is 0 Å². The Hall–Kier alpha value is -0.610. The van der Waals surface area contributed by atoms with E-state index < -0.39 is 0 Å². The lowest BCUT2D eigenvalue weighted by Gasteiger charge is -2.35. The lowest BCUT2D eigenvalue weighted by atomic mass is 9.96. The third-order valence-electron chi connectivity index (χ3n) is 3.09. The Morgan fingerprint density at radius 2 is 2.33 bits per heavy atom. The molecule has 1 saturated heterocycles. The van der Waals surface area contributed by atoms with Crippen LogP contribution in [-0.2, 0) is 4.79 Å². The monoisotopic (exact) mass is 214 g/mol. The Morgan fingerprint density at radius 3 is 2.87 bits per heavy atom. The fourth-order valence-corrected chi connectivity index (χ4v) is 2.00. The predicted molar refractivity (Wildman–Crippen MR) is 59.3 cm³/mol. The molecule has 0 aromatic heterocycles. The number of carbonyl (C=O) groups is 1. The Balaban J connectivity index is 2.47. The summed E-state index contributed by atoms with van der Waals surface area (Å²) in [4.78, 5) is 13.6. The van der Waals surface area contributed by atoms with Crippen LogP contribution in [0.2, 0.25) is 0 Å². The van der Waals surface area contributed by atoms with Crippen LogP contribution in [0, 0.1) is 5.92 Å². The quantitative estimate of drug-likeness (QED) is 0.712. The Morgan fingerprint density at radius 1 is 1.67 bits per heavy atom. The van der Waals surface area contributed by atoms with E-state index in [0.717, 1.165) is 12.8 Å². The summed E-state index contributed by atoms with van der Waals surface area (Å²) in [6.07, 6.45) is 2.08. The molecule has 15 heavy (non-hydrogen) atoms. The van der Waals surface area contributed by atoms with E-state index in [4.69, 9.17) is 5.73 Å². The summed E-state index contributed by atoms with van der Waals surface area (Å²) >= 11 is 0. The van der Waals surface area contributed by atoms with Crippen LogP contribution in [0.5, 0.6) is 0 Å². The third-order valence-corrected chi connectivity index (χ3v) is 3.09. The average Bonchev–Trinajstić information content (AvgIpc) is 2.21. The topological polar surface area (TPSA) is 66.6 Å². The molecule has 1 aliphatic rings. The van der Waals surface area contributed by atoms with E-state index in [1.807, 2.05) is 13.8 Å². The summed E-state index contributed by atoms with van der Waals surface area (Å²) in [7, 11) is 0. The van der Waals surface area contributed by atoms with Gasteiger partial charge in [0.2, 0.25) is 5.91 Å². The van der Waals surface area contributed by atoms with Crippen LogP contribution in [-0.4, -0.2) is 41.1 Å². The molecule has 0 spiro atoms. The van der Waals surface area contributed by atoms with Gasteiger partial charge in [0.05, 0.1) is 12.1 Å². The van der Waals surface area contributed by atoms with Crippen molar-refractivity contribution < 1.29 is 9.90 Å². The second-order valence-electron chi connectivity index (χ2n) is 4.51. The number of carbonyl (C=O) groups excluding carboxylic acids is 1. The van der Waals surface area contributed by atoms with Crippen molar-refractivity contribution >= 4 is 5.91 Å². The van der Waals surface area contributed by atoms with Gasteiger partial charge in [0.15, 0.2) is 0 Å². The van der Waals surface area contributed by atoms with E-state index >= 15 is 0 Å². The summed E-state index contributed by atoms with van der Waals surface area (Å²) in [6.45, 7) is 5.27. The van der Waals surface area contributed by atoms with Gasteiger partial charge < -0.3 is 15.7 Å².